The molecule has 0 bridgehead atoms. The lowest BCUT2D eigenvalue weighted by Crippen LogP contribution is -2.51. The molecule has 2 fully saturated rings. The Kier molecular flexibility index (Phi) is 4.24. The number of anilines is 1. The van der Waals surface area contributed by atoms with Crippen LogP contribution in [0.25, 0.3) is 10.9 Å². The number of piperazine rings is 1. The van der Waals surface area contributed by atoms with Crippen molar-refractivity contribution in [2.75, 3.05) is 37.7 Å². The molecule has 0 radical (unpaired) electrons. The van der Waals surface area contributed by atoms with Gasteiger partial charge in [-0.2, -0.15) is 5.26 Å². The van der Waals surface area contributed by atoms with Gasteiger partial charge < -0.3 is 14.5 Å². The Hall–Kier alpha value is -2.65. The smallest absolute Gasteiger partial charge is 0.251 e. The summed E-state index contributed by atoms with van der Waals surface area (Å²) in [5, 5.41) is 10.5. The van der Waals surface area contributed by atoms with Crippen LogP contribution in [0.2, 0.25) is 0 Å². The second-order valence-corrected chi connectivity index (χ2v) is 6.48. The summed E-state index contributed by atoms with van der Waals surface area (Å²) in [5.74, 6) is 0.814. The van der Waals surface area contributed by atoms with Crippen LogP contribution in [0.4, 0.5) is 5.82 Å². The largest absolute Gasteiger partial charge is 0.368 e. The molecule has 6 nitrogen and oxygen atoms in total. The van der Waals surface area contributed by atoms with Gasteiger partial charge in [-0.15, -0.1) is 0 Å². The Morgan fingerprint density at radius 1 is 1.24 bits per heavy atom. The van der Waals surface area contributed by atoms with Crippen LogP contribution in [-0.2, 0) is 9.53 Å². The van der Waals surface area contributed by atoms with E-state index in [0.717, 1.165) is 23.7 Å². The Balaban J connectivity index is 1.51. The summed E-state index contributed by atoms with van der Waals surface area (Å²) in [6.45, 7) is 3.32. The number of rotatable bonds is 2. The summed E-state index contributed by atoms with van der Waals surface area (Å²) in [6.07, 6.45) is 1.52. The Morgan fingerprint density at radius 2 is 2.04 bits per heavy atom. The minimum atomic E-state index is -0.264. The molecular formula is C19H20N4O2. The molecule has 0 saturated carbocycles. The molecule has 3 heterocycles. The fourth-order valence-corrected chi connectivity index (χ4v) is 3.54. The Labute approximate surface area is 146 Å². The van der Waals surface area contributed by atoms with E-state index in [9.17, 15) is 10.1 Å². The molecule has 0 N–H and O–H groups in total. The summed E-state index contributed by atoms with van der Waals surface area (Å²) < 4.78 is 5.50. The number of hydrogen-bond acceptors (Lipinski definition) is 5. The highest BCUT2D eigenvalue weighted by Crippen LogP contribution is 2.24. The third-order valence-corrected chi connectivity index (χ3v) is 4.92. The van der Waals surface area contributed by atoms with Crippen LogP contribution in [0.3, 0.4) is 0 Å². The number of carbonyl (C=O) groups is 1. The van der Waals surface area contributed by atoms with Crippen LogP contribution in [0.5, 0.6) is 0 Å². The third kappa shape index (κ3) is 3.03. The molecule has 2 aliphatic heterocycles. The van der Waals surface area contributed by atoms with Crippen LogP contribution in [0.1, 0.15) is 18.4 Å². The highest BCUT2D eigenvalue weighted by Gasteiger charge is 2.31. The molecule has 2 aliphatic rings. The molecule has 1 unspecified atom stereocenters. The number of hydrogen-bond donors (Lipinski definition) is 0. The minimum Gasteiger partial charge on any atom is -0.368 e. The van der Waals surface area contributed by atoms with E-state index < -0.39 is 0 Å². The Morgan fingerprint density at radius 3 is 2.76 bits per heavy atom. The van der Waals surface area contributed by atoms with Crippen LogP contribution >= 0.6 is 0 Å². The maximum absolute atomic E-state index is 12.5. The first kappa shape index (κ1) is 15.9. The molecule has 0 spiro atoms. The minimum absolute atomic E-state index is 0.101. The van der Waals surface area contributed by atoms with E-state index in [-0.39, 0.29) is 12.0 Å². The normalized spacial score (nSPS) is 20.7. The zero-order chi connectivity index (χ0) is 17.2. The zero-order valence-electron chi connectivity index (χ0n) is 14.0. The predicted molar refractivity (Wildman–Crippen MR) is 94.2 cm³/mol. The van der Waals surface area contributed by atoms with Crippen molar-refractivity contribution in [1.82, 2.24) is 9.88 Å². The molecule has 25 heavy (non-hydrogen) atoms. The number of carbonyl (C=O) groups excluding carboxylic acids is 1. The van der Waals surface area contributed by atoms with Crippen molar-refractivity contribution in [3.63, 3.8) is 0 Å². The van der Waals surface area contributed by atoms with Crippen molar-refractivity contribution in [1.29, 1.82) is 5.26 Å². The summed E-state index contributed by atoms with van der Waals surface area (Å²) in [4.78, 5) is 21.1. The zero-order valence-corrected chi connectivity index (χ0v) is 14.0. The lowest BCUT2D eigenvalue weighted by molar-refractivity contribution is -0.141. The maximum atomic E-state index is 12.5. The molecule has 1 aromatic heterocycles. The van der Waals surface area contributed by atoms with Crippen molar-refractivity contribution in [2.45, 2.75) is 18.9 Å². The number of para-hydroxylation sites is 1. The molecule has 128 valence electrons. The second-order valence-electron chi connectivity index (χ2n) is 6.48. The molecule has 1 atom stereocenters. The quantitative estimate of drug-likeness (QED) is 0.838. The van der Waals surface area contributed by atoms with E-state index in [1.165, 1.54) is 0 Å². The molecule has 1 amide bonds. The SMILES string of the molecule is N#Cc1cc2ccccc2nc1N1CCN(C(=O)C2CCCO2)CC1. The average Bonchev–Trinajstić information content (AvgIpc) is 3.21. The summed E-state index contributed by atoms with van der Waals surface area (Å²) in [7, 11) is 0. The van der Waals surface area contributed by atoms with Crippen LogP contribution in [0, 0.1) is 11.3 Å². The fourth-order valence-electron chi connectivity index (χ4n) is 3.54. The molecule has 2 saturated heterocycles. The van der Waals surface area contributed by atoms with Gasteiger partial charge in [-0.25, -0.2) is 4.98 Å². The van der Waals surface area contributed by atoms with Gasteiger partial charge >= 0.3 is 0 Å². The Bertz CT molecular complexity index is 831. The summed E-state index contributed by atoms with van der Waals surface area (Å²) in [5.41, 5.74) is 1.46. The van der Waals surface area contributed by atoms with Gasteiger partial charge in [0.1, 0.15) is 18.0 Å². The second kappa shape index (κ2) is 6.69. The van der Waals surface area contributed by atoms with Gasteiger partial charge in [-0.1, -0.05) is 18.2 Å². The maximum Gasteiger partial charge on any atom is 0.251 e. The standard InChI is InChI=1S/C19H20N4O2/c20-13-15-12-14-4-1-2-5-16(14)21-18(15)22-7-9-23(10-8-22)19(24)17-6-3-11-25-17/h1-2,4-5,12,17H,3,6-11H2. The van der Waals surface area contributed by atoms with E-state index in [1.807, 2.05) is 35.2 Å². The molecule has 4 rings (SSSR count). The van der Waals surface area contributed by atoms with E-state index in [2.05, 4.69) is 11.0 Å². The van der Waals surface area contributed by atoms with Crippen LogP contribution in [0.15, 0.2) is 30.3 Å². The van der Waals surface area contributed by atoms with Crippen LogP contribution in [-0.4, -0.2) is 54.7 Å². The van der Waals surface area contributed by atoms with Crippen molar-refractivity contribution in [3.8, 4) is 6.07 Å². The number of aromatic nitrogens is 1. The molecule has 0 aliphatic carbocycles. The number of pyridine rings is 1. The van der Waals surface area contributed by atoms with Gasteiger partial charge in [-0.3, -0.25) is 4.79 Å². The van der Waals surface area contributed by atoms with Crippen molar-refractivity contribution >= 4 is 22.6 Å². The van der Waals surface area contributed by atoms with Crippen LogP contribution < -0.4 is 4.90 Å². The number of fused-ring (bicyclic) bond motifs is 1. The van der Waals surface area contributed by atoms with E-state index in [4.69, 9.17) is 9.72 Å². The van der Waals surface area contributed by atoms with Gasteiger partial charge in [-0.05, 0) is 25.0 Å². The number of benzene rings is 1. The molecule has 1 aromatic carbocycles. The van der Waals surface area contributed by atoms with Crippen molar-refractivity contribution in [2.24, 2.45) is 0 Å². The highest BCUT2D eigenvalue weighted by atomic mass is 16.5. The molecule has 2 aromatic rings. The van der Waals surface area contributed by atoms with E-state index >= 15 is 0 Å². The van der Waals surface area contributed by atoms with Crippen molar-refractivity contribution in [3.05, 3.63) is 35.9 Å². The first-order valence-electron chi connectivity index (χ1n) is 8.71. The van der Waals surface area contributed by atoms with Gasteiger partial charge in [0, 0.05) is 38.2 Å². The number of nitriles is 1. The molecule has 6 heteroatoms. The van der Waals surface area contributed by atoms with Gasteiger partial charge in [0.2, 0.25) is 0 Å². The average molecular weight is 336 g/mol. The van der Waals surface area contributed by atoms with E-state index in [0.29, 0.717) is 44.2 Å². The predicted octanol–water partition coefficient (Wildman–Crippen LogP) is 1.93. The summed E-state index contributed by atoms with van der Waals surface area (Å²) >= 11 is 0. The lowest BCUT2D eigenvalue weighted by Gasteiger charge is -2.36. The molecular weight excluding hydrogens is 316 g/mol. The number of nitrogens with zero attached hydrogens (tertiary/aromatic N) is 4. The third-order valence-electron chi connectivity index (χ3n) is 4.92. The van der Waals surface area contributed by atoms with E-state index in [1.54, 1.807) is 0 Å². The number of amides is 1. The summed E-state index contributed by atoms with van der Waals surface area (Å²) in [6, 6.07) is 12.0. The first-order chi connectivity index (χ1) is 12.3. The lowest BCUT2D eigenvalue weighted by atomic mass is 10.1. The highest BCUT2D eigenvalue weighted by molar-refractivity contribution is 5.83. The fraction of sp³-hybridized carbons (Fsp3) is 0.421. The van der Waals surface area contributed by atoms with Gasteiger partial charge in [0.25, 0.3) is 5.91 Å². The van der Waals surface area contributed by atoms with Gasteiger partial charge in [0.05, 0.1) is 11.1 Å². The topological polar surface area (TPSA) is 69.5 Å². The number of ether oxygens (including phenoxy) is 1. The van der Waals surface area contributed by atoms with Gasteiger partial charge in [0.15, 0.2) is 0 Å². The monoisotopic (exact) mass is 336 g/mol. The van der Waals surface area contributed by atoms with Crippen molar-refractivity contribution < 1.29 is 9.53 Å². The first-order valence-corrected chi connectivity index (χ1v) is 8.71.